The molecule has 0 aromatic heterocycles. The lowest BCUT2D eigenvalue weighted by Crippen LogP contribution is -2.03. The predicted octanol–water partition coefficient (Wildman–Crippen LogP) is 1.12. The molecule has 1 aromatic rings. The molecule has 0 aliphatic carbocycles. The number of nitrogens with one attached hydrogen (secondary N) is 1. The number of carboxylic acid groups (broad SMARTS) is 1. The van der Waals surface area contributed by atoms with Crippen LogP contribution in [0.25, 0.3) is 0 Å². The highest BCUT2D eigenvalue weighted by Crippen LogP contribution is 2.28. The maximum absolute atomic E-state index is 11.2. The van der Waals surface area contributed by atoms with Crippen molar-refractivity contribution in [1.82, 2.24) is 0 Å². The molecule has 4 heteroatoms. The van der Waals surface area contributed by atoms with Crippen LogP contribution in [0.5, 0.6) is 0 Å². The molecule has 0 saturated heterocycles. The van der Waals surface area contributed by atoms with Gasteiger partial charge in [0.15, 0.2) is 0 Å². The highest BCUT2D eigenvalue weighted by Gasteiger charge is 2.21. The van der Waals surface area contributed by atoms with Crippen molar-refractivity contribution in [2.75, 3.05) is 5.32 Å². The van der Waals surface area contributed by atoms with Gasteiger partial charge in [-0.2, -0.15) is 0 Å². The normalized spacial score (nSPS) is 13.5. The van der Waals surface area contributed by atoms with Gasteiger partial charge in [-0.1, -0.05) is 6.07 Å². The average molecular weight is 205 g/mol. The fourth-order valence-corrected chi connectivity index (χ4v) is 1.86. The SMILES string of the molecule is Cc1c(CC(=O)O)ccc2c1CC(=O)N2. The first-order valence-electron chi connectivity index (χ1n) is 4.71. The molecule has 1 amide bonds. The Hall–Kier alpha value is -1.84. The molecule has 1 aliphatic heterocycles. The Balaban J connectivity index is 2.42. The van der Waals surface area contributed by atoms with Gasteiger partial charge in [0.1, 0.15) is 0 Å². The Labute approximate surface area is 86.9 Å². The molecular weight excluding hydrogens is 194 g/mol. The van der Waals surface area contributed by atoms with Crippen molar-refractivity contribution in [3.63, 3.8) is 0 Å². The molecule has 0 radical (unpaired) electrons. The Morgan fingerprint density at radius 1 is 1.53 bits per heavy atom. The highest BCUT2D eigenvalue weighted by molar-refractivity contribution is 5.99. The van der Waals surface area contributed by atoms with Crippen molar-refractivity contribution in [1.29, 1.82) is 0 Å². The Morgan fingerprint density at radius 2 is 2.27 bits per heavy atom. The van der Waals surface area contributed by atoms with Crippen LogP contribution in [-0.2, 0) is 22.4 Å². The minimum Gasteiger partial charge on any atom is -0.481 e. The van der Waals surface area contributed by atoms with E-state index in [0.29, 0.717) is 6.42 Å². The number of hydrogen-bond acceptors (Lipinski definition) is 2. The molecule has 2 N–H and O–H groups in total. The van der Waals surface area contributed by atoms with Crippen LogP contribution in [0, 0.1) is 6.92 Å². The van der Waals surface area contributed by atoms with E-state index < -0.39 is 5.97 Å². The van der Waals surface area contributed by atoms with Crippen LogP contribution < -0.4 is 5.32 Å². The summed E-state index contributed by atoms with van der Waals surface area (Å²) in [7, 11) is 0. The van der Waals surface area contributed by atoms with E-state index in [4.69, 9.17) is 5.11 Å². The Bertz CT molecular complexity index is 451. The maximum Gasteiger partial charge on any atom is 0.307 e. The van der Waals surface area contributed by atoms with E-state index in [2.05, 4.69) is 5.32 Å². The van der Waals surface area contributed by atoms with Crippen LogP contribution >= 0.6 is 0 Å². The third-order valence-corrected chi connectivity index (χ3v) is 2.66. The second-order valence-electron chi connectivity index (χ2n) is 3.67. The highest BCUT2D eigenvalue weighted by atomic mass is 16.4. The Kier molecular flexibility index (Phi) is 2.19. The van der Waals surface area contributed by atoms with Crippen molar-refractivity contribution in [3.05, 3.63) is 28.8 Å². The zero-order chi connectivity index (χ0) is 11.0. The molecule has 0 saturated carbocycles. The van der Waals surface area contributed by atoms with Crippen molar-refractivity contribution >= 4 is 17.6 Å². The third-order valence-electron chi connectivity index (χ3n) is 2.66. The van der Waals surface area contributed by atoms with Gasteiger partial charge in [-0.25, -0.2) is 0 Å². The van der Waals surface area contributed by atoms with E-state index in [1.807, 2.05) is 6.92 Å². The summed E-state index contributed by atoms with van der Waals surface area (Å²) in [5.74, 6) is -0.879. The zero-order valence-corrected chi connectivity index (χ0v) is 8.33. The summed E-state index contributed by atoms with van der Waals surface area (Å²) in [6.45, 7) is 1.86. The molecular formula is C11H11NO3. The summed E-state index contributed by atoms with van der Waals surface area (Å²) in [6.07, 6.45) is 0.363. The van der Waals surface area contributed by atoms with Gasteiger partial charge < -0.3 is 10.4 Å². The molecule has 2 rings (SSSR count). The van der Waals surface area contributed by atoms with Crippen LogP contribution in [0.4, 0.5) is 5.69 Å². The van der Waals surface area contributed by atoms with Gasteiger partial charge in [-0.15, -0.1) is 0 Å². The van der Waals surface area contributed by atoms with E-state index >= 15 is 0 Å². The number of carbonyl (C=O) groups excluding carboxylic acids is 1. The summed E-state index contributed by atoms with van der Waals surface area (Å²) < 4.78 is 0. The van der Waals surface area contributed by atoms with Crippen molar-refractivity contribution in [2.24, 2.45) is 0 Å². The lowest BCUT2D eigenvalue weighted by molar-refractivity contribution is -0.136. The number of amides is 1. The van der Waals surface area contributed by atoms with E-state index in [1.54, 1.807) is 12.1 Å². The summed E-state index contributed by atoms with van der Waals surface area (Å²) >= 11 is 0. The maximum atomic E-state index is 11.2. The number of carboxylic acids is 1. The molecule has 4 nitrogen and oxygen atoms in total. The molecule has 0 unspecified atom stereocenters. The molecule has 0 bridgehead atoms. The van der Waals surface area contributed by atoms with Crippen molar-refractivity contribution in [3.8, 4) is 0 Å². The van der Waals surface area contributed by atoms with Gasteiger partial charge in [0.25, 0.3) is 0 Å². The fraction of sp³-hybridized carbons (Fsp3) is 0.273. The third kappa shape index (κ3) is 1.70. The molecule has 0 spiro atoms. The summed E-state index contributed by atoms with van der Waals surface area (Å²) in [5.41, 5.74) is 3.43. The number of hydrogen-bond donors (Lipinski definition) is 2. The van der Waals surface area contributed by atoms with E-state index in [9.17, 15) is 9.59 Å². The average Bonchev–Trinajstić information content (AvgIpc) is 2.51. The fourth-order valence-electron chi connectivity index (χ4n) is 1.86. The van der Waals surface area contributed by atoms with E-state index in [-0.39, 0.29) is 12.3 Å². The molecule has 0 fully saturated rings. The van der Waals surface area contributed by atoms with Crippen molar-refractivity contribution < 1.29 is 14.7 Å². The smallest absolute Gasteiger partial charge is 0.307 e. The van der Waals surface area contributed by atoms with Crippen molar-refractivity contribution in [2.45, 2.75) is 19.8 Å². The van der Waals surface area contributed by atoms with Gasteiger partial charge in [0, 0.05) is 5.69 Å². The quantitative estimate of drug-likeness (QED) is 0.760. The predicted molar refractivity (Wildman–Crippen MR) is 54.9 cm³/mol. The number of rotatable bonds is 2. The van der Waals surface area contributed by atoms with Crippen LogP contribution in [-0.4, -0.2) is 17.0 Å². The summed E-state index contributed by atoms with van der Waals surface area (Å²) in [5, 5.41) is 11.4. The van der Waals surface area contributed by atoms with Gasteiger partial charge in [-0.3, -0.25) is 9.59 Å². The molecule has 0 atom stereocenters. The number of aliphatic carboxylic acids is 1. The zero-order valence-electron chi connectivity index (χ0n) is 8.33. The minimum atomic E-state index is -0.852. The monoisotopic (exact) mass is 205 g/mol. The molecule has 1 heterocycles. The second-order valence-corrected chi connectivity index (χ2v) is 3.67. The molecule has 1 aliphatic rings. The minimum absolute atomic E-state index is 0.00725. The van der Waals surface area contributed by atoms with E-state index in [1.165, 1.54) is 0 Å². The number of benzene rings is 1. The lowest BCUT2D eigenvalue weighted by Gasteiger charge is -2.07. The van der Waals surface area contributed by atoms with Gasteiger partial charge in [0.2, 0.25) is 5.91 Å². The second kappa shape index (κ2) is 3.38. The summed E-state index contributed by atoms with van der Waals surface area (Å²) in [4.78, 5) is 21.8. The molecule has 15 heavy (non-hydrogen) atoms. The first kappa shape index (κ1) is 9.71. The number of fused-ring (bicyclic) bond motifs is 1. The van der Waals surface area contributed by atoms with Gasteiger partial charge >= 0.3 is 5.97 Å². The van der Waals surface area contributed by atoms with Gasteiger partial charge in [-0.05, 0) is 29.7 Å². The molecule has 1 aromatic carbocycles. The Morgan fingerprint density at radius 3 is 2.93 bits per heavy atom. The number of carbonyl (C=O) groups is 2. The van der Waals surface area contributed by atoms with E-state index in [0.717, 1.165) is 22.4 Å². The van der Waals surface area contributed by atoms with Crippen LogP contribution in [0.2, 0.25) is 0 Å². The van der Waals surface area contributed by atoms with Gasteiger partial charge in [0.05, 0.1) is 12.8 Å². The molecule has 78 valence electrons. The largest absolute Gasteiger partial charge is 0.481 e. The topological polar surface area (TPSA) is 66.4 Å². The number of anilines is 1. The lowest BCUT2D eigenvalue weighted by atomic mass is 9.98. The summed E-state index contributed by atoms with van der Waals surface area (Å²) in [6, 6.07) is 3.53. The standard InChI is InChI=1S/C11H11NO3/c1-6-7(4-11(14)15)2-3-9-8(6)5-10(13)12-9/h2-3H,4-5H2,1H3,(H,12,13)(H,14,15). The van der Waals surface area contributed by atoms with Crippen LogP contribution in [0.1, 0.15) is 16.7 Å². The van der Waals surface area contributed by atoms with Crippen LogP contribution in [0.3, 0.4) is 0 Å². The van der Waals surface area contributed by atoms with Crippen LogP contribution in [0.15, 0.2) is 12.1 Å². The first-order valence-corrected chi connectivity index (χ1v) is 4.71. The first-order chi connectivity index (χ1) is 7.08.